The highest BCUT2D eigenvalue weighted by Gasteiger charge is 2.22. The van der Waals surface area contributed by atoms with Crippen molar-refractivity contribution >= 4 is 29.0 Å². The number of amides is 1. The van der Waals surface area contributed by atoms with Gasteiger partial charge in [0.1, 0.15) is 11.0 Å². The van der Waals surface area contributed by atoms with E-state index in [0.29, 0.717) is 29.4 Å². The van der Waals surface area contributed by atoms with Crippen molar-refractivity contribution in [1.82, 2.24) is 19.6 Å². The number of benzene rings is 2. The van der Waals surface area contributed by atoms with E-state index in [9.17, 15) is 14.9 Å². The molecule has 32 heavy (non-hydrogen) atoms. The van der Waals surface area contributed by atoms with E-state index in [1.807, 2.05) is 30.3 Å². The highest BCUT2D eigenvalue weighted by Crippen LogP contribution is 2.24. The van der Waals surface area contributed by atoms with Crippen molar-refractivity contribution < 1.29 is 9.72 Å². The third-order valence-corrected chi connectivity index (χ3v) is 5.23. The van der Waals surface area contributed by atoms with Crippen LogP contribution in [-0.4, -0.2) is 30.4 Å². The maximum Gasteiger partial charge on any atom is 0.269 e. The summed E-state index contributed by atoms with van der Waals surface area (Å²) in [6.07, 6.45) is 0. The van der Waals surface area contributed by atoms with Crippen LogP contribution in [-0.2, 0) is 6.54 Å². The van der Waals surface area contributed by atoms with Crippen molar-refractivity contribution in [2.45, 2.75) is 20.4 Å². The van der Waals surface area contributed by atoms with Gasteiger partial charge in [0.25, 0.3) is 11.6 Å². The van der Waals surface area contributed by atoms with Crippen LogP contribution in [0.25, 0.3) is 5.69 Å². The molecule has 0 aliphatic rings. The molecule has 0 saturated carbocycles. The third kappa shape index (κ3) is 4.23. The molecule has 4 rings (SSSR count). The first-order chi connectivity index (χ1) is 15.3. The zero-order valence-corrected chi connectivity index (χ0v) is 18.1. The number of aromatic nitrogens is 4. The topological polar surface area (TPSA) is 108 Å². The van der Waals surface area contributed by atoms with Gasteiger partial charge in [-0.05, 0) is 31.5 Å². The van der Waals surface area contributed by atoms with E-state index < -0.39 is 10.8 Å². The van der Waals surface area contributed by atoms with Gasteiger partial charge < -0.3 is 5.32 Å². The molecule has 0 saturated heterocycles. The van der Waals surface area contributed by atoms with E-state index in [1.165, 1.54) is 16.8 Å². The van der Waals surface area contributed by atoms with Gasteiger partial charge >= 0.3 is 0 Å². The molecule has 2 aromatic carbocycles. The van der Waals surface area contributed by atoms with Crippen molar-refractivity contribution in [2.24, 2.45) is 0 Å². The lowest BCUT2D eigenvalue weighted by atomic mass is 10.2. The number of aryl methyl sites for hydroxylation is 2. The van der Waals surface area contributed by atoms with Gasteiger partial charge in [0.15, 0.2) is 0 Å². The molecule has 162 valence electrons. The molecule has 2 heterocycles. The summed E-state index contributed by atoms with van der Waals surface area (Å²) in [7, 11) is 0. The average molecular weight is 451 g/mol. The van der Waals surface area contributed by atoms with Gasteiger partial charge in [-0.25, -0.2) is 9.36 Å². The number of rotatable bonds is 6. The first kappa shape index (κ1) is 21.3. The minimum Gasteiger partial charge on any atom is -0.306 e. The minimum absolute atomic E-state index is 0.0311. The van der Waals surface area contributed by atoms with Gasteiger partial charge in [0, 0.05) is 18.2 Å². The van der Waals surface area contributed by atoms with Gasteiger partial charge in [0.05, 0.1) is 34.1 Å². The van der Waals surface area contributed by atoms with Gasteiger partial charge in [-0.1, -0.05) is 41.9 Å². The molecule has 0 radical (unpaired) electrons. The van der Waals surface area contributed by atoms with Gasteiger partial charge in [-0.15, -0.1) is 0 Å². The molecule has 10 heteroatoms. The molecule has 4 aromatic rings. The van der Waals surface area contributed by atoms with Crippen LogP contribution >= 0.6 is 11.6 Å². The Morgan fingerprint density at radius 1 is 1.09 bits per heavy atom. The smallest absolute Gasteiger partial charge is 0.269 e. The summed E-state index contributed by atoms with van der Waals surface area (Å²) in [6, 6.07) is 17.3. The number of hydrogen-bond donors (Lipinski definition) is 1. The van der Waals surface area contributed by atoms with Crippen molar-refractivity contribution in [2.75, 3.05) is 5.32 Å². The molecular weight excluding hydrogens is 432 g/mol. The molecule has 0 spiro atoms. The van der Waals surface area contributed by atoms with E-state index in [-0.39, 0.29) is 16.4 Å². The number of anilines is 1. The lowest BCUT2D eigenvalue weighted by Crippen LogP contribution is -2.16. The van der Waals surface area contributed by atoms with Crippen LogP contribution < -0.4 is 5.32 Å². The minimum atomic E-state index is -0.474. The Bertz CT molecular complexity index is 1300. The number of non-ortho nitro benzene ring substituents is 1. The lowest BCUT2D eigenvalue weighted by Gasteiger charge is -2.09. The number of nitrogens with zero attached hydrogens (tertiary/aromatic N) is 5. The van der Waals surface area contributed by atoms with Crippen LogP contribution in [0.1, 0.15) is 27.3 Å². The number of carbonyl (C=O) groups excluding carboxylic acids is 1. The lowest BCUT2D eigenvalue weighted by molar-refractivity contribution is -0.384. The maximum atomic E-state index is 13.1. The number of nitro groups is 1. The maximum absolute atomic E-state index is 13.1. The molecule has 0 aliphatic carbocycles. The van der Waals surface area contributed by atoms with Crippen LogP contribution in [0, 0.1) is 24.0 Å². The predicted molar refractivity (Wildman–Crippen MR) is 120 cm³/mol. The summed E-state index contributed by atoms with van der Waals surface area (Å²) in [5.74, 6) is -0.0116. The normalized spacial score (nSPS) is 10.8. The predicted octanol–water partition coefficient (Wildman–Crippen LogP) is 4.55. The van der Waals surface area contributed by atoms with Crippen LogP contribution in [0.15, 0.2) is 60.7 Å². The second-order valence-corrected chi connectivity index (χ2v) is 7.56. The van der Waals surface area contributed by atoms with Crippen molar-refractivity contribution in [3.63, 3.8) is 0 Å². The van der Waals surface area contributed by atoms with E-state index in [2.05, 4.69) is 15.5 Å². The van der Waals surface area contributed by atoms with Gasteiger partial charge in [-0.3, -0.25) is 14.9 Å². The number of nitrogens with one attached hydrogen (secondary N) is 1. The zero-order chi connectivity index (χ0) is 22.8. The molecule has 1 N–H and O–H groups in total. The zero-order valence-electron chi connectivity index (χ0n) is 17.3. The highest BCUT2D eigenvalue weighted by atomic mass is 35.5. The van der Waals surface area contributed by atoms with Gasteiger partial charge in [0.2, 0.25) is 0 Å². The van der Waals surface area contributed by atoms with Crippen molar-refractivity contribution in [3.05, 3.63) is 98.4 Å². The fraction of sp³-hybridized carbons (Fsp3) is 0.136. The summed E-state index contributed by atoms with van der Waals surface area (Å²) in [4.78, 5) is 23.5. The number of halogens is 1. The van der Waals surface area contributed by atoms with E-state index in [1.54, 1.807) is 36.7 Å². The van der Waals surface area contributed by atoms with Crippen LogP contribution in [0.5, 0.6) is 0 Å². The Morgan fingerprint density at radius 2 is 1.78 bits per heavy atom. The Balaban J connectivity index is 1.61. The highest BCUT2D eigenvalue weighted by molar-refractivity contribution is 6.33. The Labute approximate surface area is 188 Å². The van der Waals surface area contributed by atoms with Gasteiger partial charge in [-0.2, -0.15) is 10.2 Å². The van der Waals surface area contributed by atoms with Crippen LogP contribution in [0.4, 0.5) is 11.5 Å². The molecule has 0 atom stereocenters. The largest absolute Gasteiger partial charge is 0.306 e. The summed E-state index contributed by atoms with van der Waals surface area (Å²) in [5, 5.41) is 22.8. The molecule has 0 bridgehead atoms. The van der Waals surface area contributed by atoms with E-state index >= 15 is 0 Å². The number of hydrogen-bond acceptors (Lipinski definition) is 5. The standard InChI is InChI=1S/C22H19ClN6O3/c1-14-12-19(28(25-14)17-8-10-18(11-9-17)29(31)32)24-22(30)20-15(2)26-27(21(20)23)13-16-6-4-3-5-7-16/h3-12H,13H2,1-2H3,(H,24,30). The summed E-state index contributed by atoms with van der Waals surface area (Å²) >= 11 is 6.50. The van der Waals surface area contributed by atoms with Crippen LogP contribution in [0.2, 0.25) is 5.15 Å². The fourth-order valence-corrected chi connectivity index (χ4v) is 3.67. The third-order valence-electron chi connectivity index (χ3n) is 4.85. The monoisotopic (exact) mass is 450 g/mol. The number of carbonyl (C=O) groups is 1. The molecule has 0 unspecified atom stereocenters. The van der Waals surface area contributed by atoms with E-state index in [4.69, 9.17) is 11.6 Å². The Hall–Kier alpha value is -3.98. The Morgan fingerprint density at radius 3 is 2.44 bits per heavy atom. The summed E-state index contributed by atoms with van der Waals surface area (Å²) < 4.78 is 3.09. The second-order valence-electron chi connectivity index (χ2n) is 7.20. The molecule has 9 nitrogen and oxygen atoms in total. The van der Waals surface area contributed by atoms with Crippen LogP contribution in [0.3, 0.4) is 0 Å². The fourth-order valence-electron chi connectivity index (χ4n) is 3.35. The summed E-state index contributed by atoms with van der Waals surface area (Å²) in [5.41, 5.74) is 2.99. The van der Waals surface area contributed by atoms with Crippen molar-refractivity contribution in [1.29, 1.82) is 0 Å². The molecular formula is C22H19ClN6O3. The Kier molecular flexibility index (Phi) is 5.74. The number of nitro benzene ring substituents is 1. The SMILES string of the molecule is Cc1cc(NC(=O)c2c(C)nn(Cc3ccccc3)c2Cl)n(-c2ccc([N+](=O)[O-])cc2)n1. The molecule has 0 fully saturated rings. The first-order valence-electron chi connectivity index (χ1n) is 9.73. The van der Waals surface area contributed by atoms with Crippen molar-refractivity contribution in [3.8, 4) is 5.69 Å². The van der Waals surface area contributed by atoms with E-state index in [0.717, 1.165) is 5.56 Å². The molecule has 0 aliphatic heterocycles. The molecule has 2 aromatic heterocycles. The molecule has 1 amide bonds. The first-order valence-corrected chi connectivity index (χ1v) is 10.1. The second kappa shape index (κ2) is 8.64. The quantitative estimate of drug-likeness (QED) is 0.342. The summed E-state index contributed by atoms with van der Waals surface area (Å²) in [6.45, 7) is 3.95. The average Bonchev–Trinajstić information content (AvgIpc) is 3.27.